The van der Waals surface area contributed by atoms with Gasteiger partial charge >= 0.3 is 6.18 Å². The van der Waals surface area contributed by atoms with Crippen LogP contribution >= 0.6 is 0 Å². The molecule has 9 heteroatoms. The molecule has 0 saturated heterocycles. The molecule has 1 aliphatic heterocycles. The molecule has 2 heterocycles. The van der Waals surface area contributed by atoms with Crippen molar-refractivity contribution in [3.63, 3.8) is 0 Å². The number of hydrogen-bond donors (Lipinski definition) is 1. The molecule has 0 spiro atoms. The number of amides is 1. The Labute approximate surface area is 177 Å². The number of rotatable bonds is 3. The molecule has 4 aliphatic rings. The van der Waals surface area contributed by atoms with Crippen LogP contribution in [0.15, 0.2) is 12.3 Å². The number of halogens is 5. The summed E-state index contributed by atoms with van der Waals surface area (Å²) in [5, 5.41) is 3.34. The number of alkyl halides is 5. The van der Waals surface area contributed by atoms with E-state index in [4.69, 9.17) is 0 Å². The van der Waals surface area contributed by atoms with E-state index in [1.807, 2.05) is 0 Å². The lowest BCUT2D eigenvalue weighted by molar-refractivity contribution is -0.144. The first-order valence-corrected chi connectivity index (χ1v) is 11.0. The lowest BCUT2D eigenvalue weighted by Gasteiger charge is -2.39. The van der Waals surface area contributed by atoms with Crippen LogP contribution in [0.5, 0.6) is 0 Å². The first-order valence-electron chi connectivity index (χ1n) is 11.0. The third kappa shape index (κ3) is 3.72. The van der Waals surface area contributed by atoms with E-state index in [9.17, 15) is 26.7 Å². The third-order valence-electron chi connectivity index (χ3n) is 7.78. The van der Waals surface area contributed by atoms with Gasteiger partial charge in [0.25, 0.3) is 5.92 Å². The van der Waals surface area contributed by atoms with Crippen LogP contribution in [0, 0.1) is 11.3 Å². The fourth-order valence-electron chi connectivity index (χ4n) is 6.30. The molecule has 31 heavy (non-hydrogen) atoms. The van der Waals surface area contributed by atoms with Crippen LogP contribution < -0.4 is 5.32 Å². The summed E-state index contributed by atoms with van der Waals surface area (Å²) in [6, 6.07) is 0.965. The molecule has 5 rings (SSSR count). The Hall–Kier alpha value is -1.77. The molecule has 3 atom stereocenters. The smallest absolute Gasteiger partial charge is 0.337 e. The normalized spacial score (nSPS) is 32.5. The van der Waals surface area contributed by atoms with Gasteiger partial charge in [-0.1, -0.05) is 6.42 Å². The average molecular weight is 443 g/mol. The van der Waals surface area contributed by atoms with E-state index < -0.39 is 23.1 Å². The fraction of sp³-hybridized carbons (Fsp3) is 0.727. The molecular formula is C22H26F5N3O. The predicted octanol–water partition coefficient (Wildman–Crippen LogP) is 4.32. The molecule has 0 radical (unpaired) electrons. The summed E-state index contributed by atoms with van der Waals surface area (Å²) in [6.45, 7) is 0.595. The zero-order valence-corrected chi connectivity index (χ0v) is 17.2. The van der Waals surface area contributed by atoms with Gasteiger partial charge in [-0.05, 0) is 43.2 Å². The van der Waals surface area contributed by atoms with Crippen LogP contribution in [0.3, 0.4) is 0 Å². The molecular weight excluding hydrogens is 417 g/mol. The van der Waals surface area contributed by atoms with E-state index in [0.717, 1.165) is 37.9 Å². The molecule has 0 unspecified atom stereocenters. The van der Waals surface area contributed by atoms with E-state index >= 15 is 0 Å². The molecule has 4 nitrogen and oxygen atoms in total. The van der Waals surface area contributed by atoms with Gasteiger partial charge in [0.1, 0.15) is 0 Å². The Morgan fingerprint density at radius 1 is 1.19 bits per heavy atom. The lowest BCUT2D eigenvalue weighted by Crippen LogP contribution is -2.52. The number of carbonyl (C=O) groups is 1. The number of carbonyl (C=O) groups excluding carboxylic acids is 1. The number of nitrogens with zero attached hydrogens (tertiary/aromatic N) is 2. The molecule has 1 amide bonds. The first-order chi connectivity index (χ1) is 14.6. The van der Waals surface area contributed by atoms with Crippen LogP contribution in [0.4, 0.5) is 22.0 Å². The number of nitrogens with one attached hydrogen (secondary N) is 1. The van der Waals surface area contributed by atoms with Crippen molar-refractivity contribution in [2.75, 3.05) is 6.54 Å². The number of aromatic nitrogens is 1. The van der Waals surface area contributed by atoms with Crippen LogP contribution in [0.25, 0.3) is 0 Å². The highest BCUT2D eigenvalue weighted by molar-refractivity contribution is 5.84. The highest BCUT2D eigenvalue weighted by atomic mass is 19.4. The quantitative estimate of drug-likeness (QED) is 0.708. The molecule has 3 fully saturated rings. The first kappa shape index (κ1) is 21.1. The maximum absolute atomic E-state index is 13.6. The highest BCUT2D eigenvalue weighted by Crippen LogP contribution is 2.56. The molecule has 1 aromatic heterocycles. The summed E-state index contributed by atoms with van der Waals surface area (Å²) in [4.78, 5) is 19.3. The van der Waals surface area contributed by atoms with Gasteiger partial charge in [-0.25, -0.2) is 8.78 Å². The molecule has 0 bridgehead atoms. The number of hydrogen-bond acceptors (Lipinski definition) is 3. The minimum atomic E-state index is -4.47. The topological polar surface area (TPSA) is 45.2 Å². The van der Waals surface area contributed by atoms with Gasteiger partial charge in [-0.3, -0.25) is 9.78 Å². The van der Waals surface area contributed by atoms with Crippen molar-refractivity contribution in [2.45, 2.75) is 82.1 Å². The van der Waals surface area contributed by atoms with Crippen molar-refractivity contribution in [1.82, 2.24) is 15.2 Å². The van der Waals surface area contributed by atoms with E-state index in [0.29, 0.717) is 30.6 Å². The van der Waals surface area contributed by atoms with Gasteiger partial charge in [-0.2, -0.15) is 13.2 Å². The Morgan fingerprint density at radius 2 is 1.97 bits per heavy atom. The van der Waals surface area contributed by atoms with E-state index in [1.54, 1.807) is 4.90 Å². The van der Waals surface area contributed by atoms with Crippen molar-refractivity contribution < 1.29 is 26.7 Å². The fourth-order valence-corrected chi connectivity index (χ4v) is 6.30. The van der Waals surface area contributed by atoms with Crippen molar-refractivity contribution >= 4 is 5.91 Å². The Balaban J connectivity index is 1.30. The van der Waals surface area contributed by atoms with Gasteiger partial charge in [0.2, 0.25) is 5.91 Å². The summed E-state index contributed by atoms with van der Waals surface area (Å²) in [5.74, 6) is -2.36. The summed E-state index contributed by atoms with van der Waals surface area (Å²) in [5.41, 5.74) is -0.227. The van der Waals surface area contributed by atoms with E-state index in [2.05, 4.69) is 10.3 Å². The molecule has 0 aromatic carbocycles. The summed E-state index contributed by atoms with van der Waals surface area (Å²) in [7, 11) is 0. The zero-order valence-electron chi connectivity index (χ0n) is 17.2. The van der Waals surface area contributed by atoms with Crippen LogP contribution in [0.1, 0.15) is 61.8 Å². The van der Waals surface area contributed by atoms with Crippen molar-refractivity contribution in [3.05, 3.63) is 29.1 Å². The maximum Gasteiger partial charge on any atom is 0.417 e. The SMILES string of the molecule is O=C(N1CCc2ncc(C(F)(F)F)cc2C1)[C@@]12CCC[C@@H]1C[C@H](NC1CC(F)(F)C1)C2. The predicted molar refractivity (Wildman–Crippen MR) is 102 cm³/mol. The molecule has 1 N–H and O–H groups in total. The minimum absolute atomic E-state index is 0.0151. The van der Waals surface area contributed by atoms with Crippen LogP contribution in [-0.4, -0.2) is 40.3 Å². The number of pyridine rings is 1. The van der Waals surface area contributed by atoms with Gasteiger partial charge in [0, 0.05) is 56.3 Å². The Kier molecular flexibility index (Phi) is 4.84. The highest BCUT2D eigenvalue weighted by Gasteiger charge is 2.57. The summed E-state index contributed by atoms with van der Waals surface area (Å²) < 4.78 is 65.6. The maximum atomic E-state index is 13.6. The van der Waals surface area contributed by atoms with Gasteiger partial charge in [0.05, 0.1) is 11.0 Å². The van der Waals surface area contributed by atoms with Crippen LogP contribution in [0.2, 0.25) is 0 Å². The zero-order chi connectivity index (χ0) is 22.0. The third-order valence-corrected chi connectivity index (χ3v) is 7.78. The molecule has 3 saturated carbocycles. The van der Waals surface area contributed by atoms with Crippen LogP contribution in [-0.2, 0) is 23.9 Å². The lowest BCUT2D eigenvalue weighted by atomic mass is 9.78. The summed E-state index contributed by atoms with van der Waals surface area (Å²) in [6.07, 6.45) is 0.633. The second-order valence-electron chi connectivity index (χ2n) is 9.81. The number of fused-ring (bicyclic) bond motifs is 2. The standard InChI is InChI=1S/C22H26F5N3O/c23-21(24)9-17(10-21)29-16-7-14-2-1-4-20(14,8-16)19(31)30-5-3-18-13(12-30)6-15(11-28-18)22(25,26)27/h6,11,14,16-17,29H,1-5,7-10,12H2/t14-,16+,20-/m1/s1. The average Bonchev–Trinajstić information content (AvgIpc) is 3.22. The summed E-state index contributed by atoms with van der Waals surface area (Å²) >= 11 is 0. The molecule has 170 valence electrons. The van der Waals surface area contributed by atoms with Crippen molar-refractivity contribution in [2.24, 2.45) is 11.3 Å². The van der Waals surface area contributed by atoms with E-state index in [-0.39, 0.29) is 43.3 Å². The van der Waals surface area contributed by atoms with Crippen molar-refractivity contribution in [3.8, 4) is 0 Å². The minimum Gasteiger partial charge on any atom is -0.337 e. The van der Waals surface area contributed by atoms with Gasteiger partial charge in [0.15, 0.2) is 0 Å². The molecule has 3 aliphatic carbocycles. The molecule has 1 aromatic rings. The Bertz CT molecular complexity index is 880. The van der Waals surface area contributed by atoms with Gasteiger partial charge in [-0.15, -0.1) is 0 Å². The second-order valence-corrected chi connectivity index (χ2v) is 9.81. The van der Waals surface area contributed by atoms with Gasteiger partial charge < -0.3 is 10.2 Å². The Morgan fingerprint density at radius 3 is 2.68 bits per heavy atom. The second kappa shape index (κ2) is 7.12. The monoisotopic (exact) mass is 443 g/mol. The van der Waals surface area contributed by atoms with E-state index in [1.165, 1.54) is 0 Å². The largest absolute Gasteiger partial charge is 0.417 e. The van der Waals surface area contributed by atoms with Crippen molar-refractivity contribution in [1.29, 1.82) is 0 Å².